The SMILES string of the molecule is CCC(CN(C)C1C(C)C(C)C1C)C(C)(C)C. The molecule has 1 aliphatic rings. The molecule has 1 rings (SSSR count). The summed E-state index contributed by atoms with van der Waals surface area (Å²) in [6.07, 6.45) is 1.29. The minimum Gasteiger partial charge on any atom is -0.303 e. The van der Waals surface area contributed by atoms with Crippen LogP contribution in [0.4, 0.5) is 0 Å². The van der Waals surface area contributed by atoms with Crippen LogP contribution in [-0.4, -0.2) is 24.5 Å². The molecule has 0 spiro atoms. The van der Waals surface area contributed by atoms with Crippen LogP contribution in [0.3, 0.4) is 0 Å². The van der Waals surface area contributed by atoms with Crippen molar-refractivity contribution in [2.24, 2.45) is 29.1 Å². The molecule has 1 nitrogen and oxygen atoms in total. The minimum absolute atomic E-state index is 0.435. The maximum Gasteiger partial charge on any atom is 0.0149 e. The molecule has 0 saturated heterocycles. The summed E-state index contributed by atoms with van der Waals surface area (Å²) >= 11 is 0. The van der Waals surface area contributed by atoms with Gasteiger partial charge in [-0.15, -0.1) is 0 Å². The first kappa shape index (κ1) is 15.0. The first-order chi connectivity index (χ1) is 7.70. The van der Waals surface area contributed by atoms with Crippen molar-refractivity contribution >= 4 is 0 Å². The molecule has 1 heteroatoms. The molecule has 1 fully saturated rings. The van der Waals surface area contributed by atoms with E-state index in [2.05, 4.69) is 60.4 Å². The Morgan fingerprint density at radius 3 is 1.82 bits per heavy atom. The second-order valence-electron chi connectivity index (χ2n) is 7.48. The lowest BCUT2D eigenvalue weighted by Gasteiger charge is -2.53. The van der Waals surface area contributed by atoms with Gasteiger partial charge in [-0.2, -0.15) is 0 Å². The van der Waals surface area contributed by atoms with Gasteiger partial charge in [0.15, 0.2) is 0 Å². The molecule has 3 atom stereocenters. The summed E-state index contributed by atoms with van der Waals surface area (Å²) in [6.45, 7) is 18.0. The highest BCUT2D eigenvalue weighted by Gasteiger charge is 2.44. The van der Waals surface area contributed by atoms with E-state index >= 15 is 0 Å². The average molecular weight is 239 g/mol. The van der Waals surface area contributed by atoms with E-state index in [0.717, 1.165) is 29.7 Å². The quantitative estimate of drug-likeness (QED) is 0.708. The summed E-state index contributed by atoms with van der Waals surface area (Å²) < 4.78 is 0. The number of rotatable bonds is 4. The maximum atomic E-state index is 2.63. The molecule has 0 radical (unpaired) electrons. The molecule has 102 valence electrons. The monoisotopic (exact) mass is 239 g/mol. The van der Waals surface area contributed by atoms with Gasteiger partial charge in [-0.25, -0.2) is 0 Å². The fourth-order valence-corrected chi connectivity index (χ4v) is 3.72. The van der Waals surface area contributed by atoms with Gasteiger partial charge in [-0.3, -0.25) is 0 Å². The van der Waals surface area contributed by atoms with Crippen molar-refractivity contribution in [1.29, 1.82) is 0 Å². The lowest BCUT2D eigenvalue weighted by Crippen LogP contribution is -2.57. The Balaban J connectivity index is 2.57. The zero-order valence-electron chi connectivity index (χ0n) is 13.2. The second-order valence-corrected chi connectivity index (χ2v) is 7.48. The molecule has 0 aromatic rings. The molecule has 1 aliphatic carbocycles. The van der Waals surface area contributed by atoms with Gasteiger partial charge in [-0.1, -0.05) is 54.9 Å². The Bertz CT molecular complexity index is 230. The van der Waals surface area contributed by atoms with Crippen molar-refractivity contribution in [2.75, 3.05) is 13.6 Å². The lowest BCUT2D eigenvalue weighted by atomic mass is 9.62. The third-order valence-corrected chi connectivity index (χ3v) is 5.47. The molecule has 17 heavy (non-hydrogen) atoms. The summed E-state index contributed by atoms with van der Waals surface area (Å²) in [5.74, 6) is 3.44. The molecule has 0 bridgehead atoms. The van der Waals surface area contributed by atoms with Crippen molar-refractivity contribution < 1.29 is 0 Å². The van der Waals surface area contributed by atoms with E-state index in [9.17, 15) is 0 Å². The highest BCUT2D eigenvalue weighted by molar-refractivity contribution is 4.96. The third kappa shape index (κ3) is 3.05. The van der Waals surface area contributed by atoms with Crippen molar-refractivity contribution in [1.82, 2.24) is 4.90 Å². The van der Waals surface area contributed by atoms with E-state index < -0.39 is 0 Å². The Morgan fingerprint density at radius 1 is 1.00 bits per heavy atom. The van der Waals surface area contributed by atoms with Crippen LogP contribution >= 0.6 is 0 Å². The van der Waals surface area contributed by atoms with E-state index in [1.165, 1.54) is 13.0 Å². The van der Waals surface area contributed by atoms with Crippen LogP contribution < -0.4 is 0 Å². The average Bonchev–Trinajstić information content (AvgIpc) is 2.24. The van der Waals surface area contributed by atoms with E-state index in [-0.39, 0.29) is 0 Å². The highest BCUT2D eigenvalue weighted by atomic mass is 15.2. The Kier molecular flexibility index (Phi) is 4.68. The van der Waals surface area contributed by atoms with Gasteiger partial charge in [0.2, 0.25) is 0 Å². The van der Waals surface area contributed by atoms with Gasteiger partial charge in [0.05, 0.1) is 0 Å². The number of hydrogen-bond donors (Lipinski definition) is 0. The molecular formula is C16H33N. The Morgan fingerprint density at radius 2 is 1.47 bits per heavy atom. The summed E-state index contributed by atoms with van der Waals surface area (Å²) in [5.41, 5.74) is 0.435. The summed E-state index contributed by atoms with van der Waals surface area (Å²) in [7, 11) is 2.33. The summed E-state index contributed by atoms with van der Waals surface area (Å²) in [6, 6.07) is 0.807. The highest BCUT2D eigenvalue weighted by Crippen LogP contribution is 2.43. The molecule has 0 amide bonds. The molecule has 1 saturated carbocycles. The predicted molar refractivity (Wildman–Crippen MR) is 77.1 cm³/mol. The fourth-order valence-electron chi connectivity index (χ4n) is 3.72. The maximum absolute atomic E-state index is 2.63. The van der Waals surface area contributed by atoms with Crippen molar-refractivity contribution in [3.63, 3.8) is 0 Å². The van der Waals surface area contributed by atoms with E-state index in [4.69, 9.17) is 0 Å². The topological polar surface area (TPSA) is 3.24 Å². The van der Waals surface area contributed by atoms with Gasteiger partial charge in [0, 0.05) is 12.6 Å². The van der Waals surface area contributed by atoms with Crippen LogP contribution in [0, 0.1) is 29.1 Å². The zero-order valence-corrected chi connectivity index (χ0v) is 13.2. The molecular weight excluding hydrogens is 206 g/mol. The molecule has 0 aromatic heterocycles. The molecule has 0 N–H and O–H groups in total. The van der Waals surface area contributed by atoms with Crippen LogP contribution in [0.15, 0.2) is 0 Å². The smallest absolute Gasteiger partial charge is 0.0149 e. The lowest BCUT2D eigenvalue weighted by molar-refractivity contribution is -0.0388. The molecule has 3 unspecified atom stereocenters. The molecule has 0 aliphatic heterocycles. The second kappa shape index (κ2) is 5.30. The predicted octanol–water partition coefficient (Wildman–Crippen LogP) is 4.28. The van der Waals surface area contributed by atoms with Crippen molar-refractivity contribution in [3.8, 4) is 0 Å². The standard InChI is InChI=1S/C16H33N/c1-9-14(16(5,6)7)10-17(8)15-12(3)11(2)13(15)4/h11-15H,9-10H2,1-8H3. The fraction of sp³-hybridized carbons (Fsp3) is 1.00. The number of hydrogen-bond acceptors (Lipinski definition) is 1. The summed E-state index contributed by atoms with van der Waals surface area (Å²) in [5, 5.41) is 0. The zero-order chi connectivity index (χ0) is 13.4. The van der Waals surface area contributed by atoms with E-state index in [1.807, 2.05) is 0 Å². The Hall–Kier alpha value is -0.0400. The van der Waals surface area contributed by atoms with Gasteiger partial charge >= 0.3 is 0 Å². The minimum atomic E-state index is 0.435. The van der Waals surface area contributed by atoms with E-state index in [0.29, 0.717) is 5.41 Å². The van der Waals surface area contributed by atoms with Crippen LogP contribution in [0.1, 0.15) is 54.9 Å². The largest absolute Gasteiger partial charge is 0.303 e. The van der Waals surface area contributed by atoms with Crippen LogP contribution in [0.25, 0.3) is 0 Å². The van der Waals surface area contributed by atoms with Crippen LogP contribution in [0.2, 0.25) is 0 Å². The molecule has 0 heterocycles. The van der Waals surface area contributed by atoms with Gasteiger partial charge in [0.1, 0.15) is 0 Å². The Labute approximate surface area is 109 Å². The number of nitrogens with zero attached hydrogens (tertiary/aromatic N) is 1. The van der Waals surface area contributed by atoms with Crippen molar-refractivity contribution in [2.45, 2.75) is 60.9 Å². The van der Waals surface area contributed by atoms with Gasteiger partial charge < -0.3 is 4.90 Å². The first-order valence-corrected chi connectivity index (χ1v) is 7.40. The van der Waals surface area contributed by atoms with Crippen molar-refractivity contribution in [3.05, 3.63) is 0 Å². The van der Waals surface area contributed by atoms with Gasteiger partial charge in [-0.05, 0) is 36.1 Å². The summed E-state index contributed by atoms with van der Waals surface area (Å²) in [4.78, 5) is 2.63. The normalized spacial score (nSPS) is 35.8. The van der Waals surface area contributed by atoms with Crippen LogP contribution in [-0.2, 0) is 0 Å². The van der Waals surface area contributed by atoms with Gasteiger partial charge in [0.25, 0.3) is 0 Å². The first-order valence-electron chi connectivity index (χ1n) is 7.40. The molecule has 0 aromatic carbocycles. The van der Waals surface area contributed by atoms with Crippen LogP contribution in [0.5, 0.6) is 0 Å². The van der Waals surface area contributed by atoms with E-state index in [1.54, 1.807) is 0 Å². The third-order valence-electron chi connectivity index (χ3n) is 5.47.